The van der Waals surface area contributed by atoms with Gasteiger partial charge in [-0.15, -0.1) is 0 Å². The van der Waals surface area contributed by atoms with Gasteiger partial charge >= 0.3 is 5.97 Å². The highest BCUT2D eigenvalue weighted by Gasteiger charge is 2.25. The minimum atomic E-state index is -1.26. The van der Waals surface area contributed by atoms with Gasteiger partial charge < -0.3 is 45.7 Å². The van der Waals surface area contributed by atoms with Crippen molar-refractivity contribution in [2.45, 2.75) is 12.5 Å². The van der Waals surface area contributed by atoms with Gasteiger partial charge in [-0.2, -0.15) is 5.26 Å². The molecule has 0 aliphatic heterocycles. The monoisotopic (exact) mass is 643 g/mol. The van der Waals surface area contributed by atoms with Crippen LogP contribution in [0.3, 0.4) is 0 Å². The molecule has 0 radical (unpaired) electrons. The summed E-state index contributed by atoms with van der Waals surface area (Å²) in [5.74, 6) is -3.13. The molecule has 14 nitrogen and oxygen atoms in total. The van der Waals surface area contributed by atoms with E-state index in [0.717, 1.165) is 0 Å². The summed E-state index contributed by atoms with van der Waals surface area (Å²) in [5, 5.41) is 26.3. The number of nitrogens with one attached hydrogen (secondary N) is 3. The van der Waals surface area contributed by atoms with E-state index in [1.165, 1.54) is 74.9 Å². The third kappa shape index (κ3) is 8.65. The molecule has 1 atom stereocenters. The zero-order valence-corrected chi connectivity index (χ0v) is 25.6. The minimum absolute atomic E-state index is 0.00863. The Morgan fingerprint density at radius 3 is 1.81 bits per heavy atom. The highest BCUT2D eigenvalue weighted by atomic mass is 16.5. The molecule has 0 fully saturated rings. The first kappa shape index (κ1) is 35.2. The van der Waals surface area contributed by atoms with E-state index in [0.29, 0.717) is 5.69 Å². The fourth-order valence-corrected chi connectivity index (χ4v) is 4.16. The zero-order valence-electron chi connectivity index (χ0n) is 25.6. The van der Waals surface area contributed by atoms with Crippen LogP contribution in [-0.4, -0.2) is 62.3 Å². The van der Waals surface area contributed by atoms with Crippen LogP contribution in [0, 0.1) is 11.3 Å². The smallest absolute Gasteiger partial charge is 0.339 e. The zero-order chi connectivity index (χ0) is 34.5. The number of hydrogen-bond donors (Lipinski definition) is 5. The molecular weight excluding hydrogens is 610 g/mol. The van der Waals surface area contributed by atoms with Crippen LogP contribution in [0.2, 0.25) is 0 Å². The van der Waals surface area contributed by atoms with E-state index in [9.17, 15) is 24.3 Å². The summed E-state index contributed by atoms with van der Waals surface area (Å²) in [6, 6.07) is 12.2. The number of hydrogen-bond acceptors (Lipinski definition) is 10. The fourth-order valence-electron chi connectivity index (χ4n) is 4.16. The molecule has 0 heterocycles. The Kier molecular flexibility index (Phi) is 12.5. The summed E-state index contributed by atoms with van der Waals surface area (Å²) < 4.78 is 22.3. The Morgan fingerprint density at radius 2 is 1.32 bits per heavy atom. The molecule has 0 aromatic heterocycles. The first-order chi connectivity index (χ1) is 22.6. The number of rotatable bonds is 16. The van der Waals surface area contributed by atoms with Gasteiger partial charge in [-0.3, -0.25) is 14.4 Å². The molecular formula is C33H33N5O9. The number of carboxylic acid groups (broad SMARTS) is 1. The van der Waals surface area contributed by atoms with Crippen LogP contribution in [0.15, 0.2) is 73.8 Å². The Bertz CT molecular complexity index is 1710. The number of nitrogens with two attached hydrogens (primary N) is 1. The number of carboxylic acids is 1. The van der Waals surface area contributed by atoms with Crippen LogP contribution in [-0.2, 0) is 4.79 Å². The Morgan fingerprint density at radius 1 is 0.809 bits per heavy atom. The number of nitriles is 1. The van der Waals surface area contributed by atoms with Gasteiger partial charge in [0.1, 0.15) is 18.8 Å². The van der Waals surface area contributed by atoms with Crippen molar-refractivity contribution < 1.29 is 43.2 Å². The summed E-state index contributed by atoms with van der Waals surface area (Å²) in [4.78, 5) is 50.6. The number of carbonyl (C=O) groups excluding carboxylic acids is 3. The SMILES string of the molecule is C=CCOc1c(C(=O)O)ccc(NC(=O)c2ccc(NC(=O)c3ccc(NC(=O)C(N)CC#N)cc3)c(OC)c2OCC=C)c1OC. The molecule has 47 heavy (non-hydrogen) atoms. The van der Waals surface area contributed by atoms with Crippen LogP contribution in [0.4, 0.5) is 17.1 Å². The minimum Gasteiger partial charge on any atom is -0.491 e. The molecule has 3 rings (SSSR count). The van der Waals surface area contributed by atoms with Crippen LogP contribution >= 0.6 is 0 Å². The lowest BCUT2D eigenvalue weighted by atomic mass is 10.1. The molecule has 0 saturated carbocycles. The van der Waals surface area contributed by atoms with Crippen molar-refractivity contribution in [1.82, 2.24) is 0 Å². The van der Waals surface area contributed by atoms with Crippen molar-refractivity contribution in [3.63, 3.8) is 0 Å². The second kappa shape index (κ2) is 16.7. The molecule has 1 unspecified atom stereocenters. The van der Waals surface area contributed by atoms with Crippen molar-refractivity contribution in [3.8, 4) is 29.1 Å². The van der Waals surface area contributed by atoms with Crippen molar-refractivity contribution >= 4 is 40.8 Å². The largest absolute Gasteiger partial charge is 0.491 e. The average molecular weight is 644 g/mol. The highest BCUT2D eigenvalue weighted by Crippen LogP contribution is 2.42. The van der Waals surface area contributed by atoms with Gasteiger partial charge in [0.05, 0.1) is 49.7 Å². The van der Waals surface area contributed by atoms with E-state index >= 15 is 0 Å². The predicted octanol–water partition coefficient (Wildman–Crippen LogP) is 4.22. The maximum atomic E-state index is 13.6. The quantitative estimate of drug-likeness (QED) is 0.139. The molecule has 244 valence electrons. The van der Waals surface area contributed by atoms with Gasteiger partial charge in [0.2, 0.25) is 5.91 Å². The molecule has 14 heteroatoms. The van der Waals surface area contributed by atoms with E-state index in [1.54, 1.807) is 0 Å². The molecule has 0 bridgehead atoms. The first-order valence-corrected chi connectivity index (χ1v) is 13.9. The van der Waals surface area contributed by atoms with Crippen LogP contribution in [0.25, 0.3) is 0 Å². The summed E-state index contributed by atoms with van der Waals surface area (Å²) in [6.07, 6.45) is 2.74. The van der Waals surface area contributed by atoms with E-state index in [4.69, 9.17) is 29.9 Å². The molecule has 0 aliphatic carbocycles. The molecule has 0 spiro atoms. The van der Waals surface area contributed by atoms with Gasteiger partial charge in [-0.05, 0) is 48.5 Å². The normalized spacial score (nSPS) is 10.8. The van der Waals surface area contributed by atoms with E-state index < -0.39 is 29.7 Å². The molecule has 6 N–H and O–H groups in total. The van der Waals surface area contributed by atoms with Gasteiger partial charge in [0, 0.05) is 11.3 Å². The molecule has 3 amide bonds. The summed E-state index contributed by atoms with van der Waals surface area (Å²) in [6.45, 7) is 7.17. The van der Waals surface area contributed by atoms with Crippen molar-refractivity contribution in [3.05, 3.63) is 90.5 Å². The molecule has 0 aliphatic rings. The summed E-state index contributed by atoms with van der Waals surface area (Å²) in [7, 11) is 2.63. The van der Waals surface area contributed by atoms with Gasteiger partial charge in [-0.1, -0.05) is 25.3 Å². The molecule has 3 aromatic carbocycles. The number of carbonyl (C=O) groups is 4. The second-order valence-electron chi connectivity index (χ2n) is 9.49. The number of methoxy groups -OCH3 is 2. The fraction of sp³-hybridized carbons (Fsp3) is 0.182. The third-order valence-electron chi connectivity index (χ3n) is 6.36. The predicted molar refractivity (Wildman–Crippen MR) is 174 cm³/mol. The van der Waals surface area contributed by atoms with Crippen molar-refractivity contribution in [2.75, 3.05) is 43.4 Å². The average Bonchev–Trinajstić information content (AvgIpc) is 3.06. The number of ether oxygens (including phenoxy) is 4. The first-order valence-electron chi connectivity index (χ1n) is 13.9. The van der Waals surface area contributed by atoms with Crippen LogP contribution < -0.4 is 40.6 Å². The number of anilines is 3. The van der Waals surface area contributed by atoms with Crippen LogP contribution in [0.5, 0.6) is 23.0 Å². The van der Waals surface area contributed by atoms with Crippen LogP contribution in [0.1, 0.15) is 37.5 Å². The van der Waals surface area contributed by atoms with E-state index in [-0.39, 0.29) is 70.7 Å². The number of benzene rings is 3. The van der Waals surface area contributed by atoms with Gasteiger partial charge in [-0.25, -0.2) is 4.79 Å². The molecule has 0 saturated heterocycles. The maximum absolute atomic E-state index is 13.6. The lowest BCUT2D eigenvalue weighted by Gasteiger charge is -2.19. The number of aromatic carboxylic acids is 1. The van der Waals surface area contributed by atoms with Crippen molar-refractivity contribution in [2.24, 2.45) is 5.73 Å². The Labute approximate surface area is 270 Å². The third-order valence-corrected chi connectivity index (χ3v) is 6.36. The number of amides is 3. The summed E-state index contributed by atoms with van der Waals surface area (Å²) in [5.41, 5.74) is 6.36. The highest BCUT2D eigenvalue weighted by molar-refractivity contribution is 6.10. The lowest BCUT2D eigenvalue weighted by Crippen LogP contribution is -2.35. The topological polar surface area (TPSA) is 211 Å². The number of nitrogens with zero attached hydrogens (tertiary/aromatic N) is 1. The van der Waals surface area contributed by atoms with E-state index in [1.807, 2.05) is 6.07 Å². The Balaban J connectivity index is 1.91. The molecule has 3 aromatic rings. The van der Waals surface area contributed by atoms with Crippen molar-refractivity contribution in [1.29, 1.82) is 5.26 Å². The summed E-state index contributed by atoms with van der Waals surface area (Å²) >= 11 is 0. The Hall–Kier alpha value is -6.33. The van der Waals surface area contributed by atoms with Gasteiger partial charge in [0.25, 0.3) is 11.8 Å². The van der Waals surface area contributed by atoms with E-state index in [2.05, 4.69) is 29.1 Å². The lowest BCUT2D eigenvalue weighted by molar-refractivity contribution is -0.117. The van der Waals surface area contributed by atoms with Gasteiger partial charge in [0.15, 0.2) is 23.0 Å². The second-order valence-corrected chi connectivity index (χ2v) is 9.49. The standard InChI is InChI=1S/C33H33N5O9/c1-5-17-46-26-21(31(40)38-25-14-12-22(33(42)43)27(29(25)45-4)47-18-6-2)11-13-24(28(26)44-3)37-30(39)19-7-9-20(10-8-19)36-32(41)23(35)15-16-34/h5-14,23H,1-2,15,17-18,35H2,3-4H3,(H,36,41)(H,37,39)(H,38,40)(H,42,43). The maximum Gasteiger partial charge on any atom is 0.339 e.